The largest absolute Gasteiger partial charge is 0.388 e. The first-order valence-corrected chi connectivity index (χ1v) is 4.64. The monoisotopic (exact) mass is 182 g/mol. The molecular weight excluding hydrogens is 170 g/mol. The molecule has 1 nitrogen and oxygen atoms in total. The molecule has 0 atom stereocenters. The molecule has 0 fully saturated rings. The number of benzene rings is 2. The second kappa shape index (κ2) is 3.97. The first-order valence-electron chi connectivity index (χ1n) is 4.64. The van der Waals surface area contributed by atoms with Crippen LogP contribution >= 0.6 is 0 Å². The van der Waals surface area contributed by atoms with Crippen LogP contribution < -0.4 is 5.32 Å². The van der Waals surface area contributed by atoms with Gasteiger partial charge in [-0.25, -0.2) is 0 Å². The van der Waals surface area contributed by atoms with E-state index in [2.05, 4.69) is 47.8 Å². The highest BCUT2D eigenvalue weighted by Gasteiger charge is 1.96. The summed E-state index contributed by atoms with van der Waals surface area (Å²) >= 11 is 0. The van der Waals surface area contributed by atoms with Gasteiger partial charge in [0.15, 0.2) is 0 Å². The summed E-state index contributed by atoms with van der Waals surface area (Å²) in [6, 6.07) is 19.4. The zero-order chi connectivity index (χ0) is 9.80. The molecular formula is C13H12N. The lowest BCUT2D eigenvalue weighted by Gasteiger charge is -2.04. The summed E-state index contributed by atoms with van der Waals surface area (Å²) in [6.45, 7) is 0. The van der Waals surface area contributed by atoms with Crippen molar-refractivity contribution < 1.29 is 0 Å². The van der Waals surface area contributed by atoms with Crippen LogP contribution in [0.25, 0.3) is 11.1 Å². The molecule has 14 heavy (non-hydrogen) atoms. The van der Waals surface area contributed by atoms with Gasteiger partial charge in [0.2, 0.25) is 0 Å². The molecule has 1 heteroatoms. The van der Waals surface area contributed by atoms with Crippen molar-refractivity contribution in [3.8, 4) is 11.1 Å². The Balaban J connectivity index is 2.42. The maximum Gasteiger partial charge on any atom is 0.0343 e. The molecule has 2 aromatic rings. The highest BCUT2D eigenvalue weighted by atomic mass is 14.8. The predicted molar refractivity (Wildman–Crippen MR) is 60.3 cm³/mol. The van der Waals surface area contributed by atoms with Gasteiger partial charge in [0.1, 0.15) is 0 Å². The Morgan fingerprint density at radius 2 is 1.79 bits per heavy atom. The quantitative estimate of drug-likeness (QED) is 0.752. The summed E-state index contributed by atoms with van der Waals surface area (Å²) < 4.78 is 0. The van der Waals surface area contributed by atoms with Crippen LogP contribution in [0.3, 0.4) is 0 Å². The molecule has 0 aliphatic carbocycles. The van der Waals surface area contributed by atoms with Gasteiger partial charge < -0.3 is 5.32 Å². The molecule has 0 aliphatic rings. The van der Waals surface area contributed by atoms with Crippen molar-refractivity contribution >= 4 is 5.69 Å². The Hall–Kier alpha value is -1.76. The molecule has 1 radical (unpaired) electrons. The molecule has 0 amide bonds. The van der Waals surface area contributed by atoms with Crippen molar-refractivity contribution in [1.29, 1.82) is 0 Å². The second-order valence-electron chi connectivity index (χ2n) is 3.12. The summed E-state index contributed by atoms with van der Waals surface area (Å²) in [6.07, 6.45) is 0. The van der Waals surface area contributed by atoms with Crippen LogP contribution in [0.5, 0.6) is 0 Å². The van der Waals surface area contributed by atoms with E-state index in [9.17, 15) is 0 Å². The van der Waals surface area contributed by atoms with E-state index < -0.39 is 0 Å². The van der Waals surface area contributed by atoms with E-state index in [1.54, 1.807) is 0 Å². The molecule has 0 saturated heterocycles. The Bertz CT molecular complexity index is 407. The fraction of sp³-hybridized carbons (Fsp3) is 0.0769. The molecule has 0 spiro atoms. The van der Waals surface area contributed by atoms with E-state index in [0.29, 0.717) is 0 Å². The molecule has 2 aromatic carbocycles. The van der Waals surface area contributed by atoms with E-state index in [1.807, 2.05) is 19.2 Å². The van der Waals surface area contributed by atoms with E-state index in [0.717, 1.165) is 5.69 Å². The van der Waals surface area contributed by atoms with E-state index in [-0.39, 0.29) is 0 Å². The van der Waals surface area contributed by atoms with Crippen molar-refractivity contribution in [2.75, 3.05) is 12.4 Å². The summed E-state index contributed by atoms with van der Waals surface area (Å²) in [7, 11) is 1.93. The second-order valence-corrected chi connectivity index (χ2v) is 3.12. The third-order valence-electron chi connectivity index (χ3n) is 2.20. The van der Waals surface area contributed by atoms with Gasteiger partial charge in [0, 0.05) is 12.7 Å². The molecule has 1 N–H and O–H groups in total. The van der Waals surface area contributed by atoms with Crippen molar-refractivity contribution in [1.82, 2.24) is 0 Å². The number of rotatable bonds is 2. The fourth-order valence-electron chi connectivity index (χ4n) is 1.43. The third-order valence-corrected chi connectivity index (χ3v) is 2.20. The molecule has 2 rings (SSSR count). The molecule has 0 bridgehead atoms. The van der Waals surface area contributed by atoms with Crippen LogP contribution in [0.15, 0.2) is 48.5 Å². The molecule has 0 aliphatic heterocycles. The SMILES string of the molecule is CNc1cccc(-c2cc[c]cc2)c1. The number of hydrogen-bond acceptors (Lipinski definition) is 1. The molecule has 0 saturated carbocycles. The van der Waals surface area contributed by atoms with Gasteiger partial charge in [-0.05, 0) is 29.3 Å². The third kappa shape index (κ3) is 1.77. The van der Waals surface area contributed by atoms with Gasteiger partial charge in [-0.15, -0.1) is 0 Å². The van der Waals surface area contributed by atoms with Crippen LogP contribution in [-0.4, -0.2) is 7.05 Å². The highest BCUT2D eigenvalue weighted by molar-refractivity contribution is 5.67. The van der Waals surface area contributed by atoms with Crippen LogP contribution in [0.1, 0.15) is 0 Å². The topological polar surface area (TPSA) is 12.0 Å². The first kappa shape index (κ1) is 8.82. The lowest BCUT2D eigenvalue weighted by molar-refractivity contribution is 1.51. The van der Waals surface area contributed by atoms with Gasteiger partial charge in [-0.2, -0.15) is 0 Å². The Kier molecular flexibility index (Phi) is 2.50. The number of anilines is 1. The van der Waals surface area contributed by atoms with Crippen LogP contribution in [-0.2, 0) is 0 Å². The van der Waals surface area contributed by atoms with E-state index in [4.69, 9.17) is 0 Å². The zero-order valence-electron chi connectivity index (χ0n) is 8.12. The normalized spacial score (nSPS) is 9.79. The van der Waals surface area contributed by atoms with E-state index in [1.165, 1.54) is 11.1 Å². The smallest absolute Gasteiger partial charge is 0.0343 e. The Morgan fingerprint density at radius 1 is 1.00 bits per heavy atom. The average molecular weight is 182 g/mol. The number of nitrogens with one attached hydrogen (secondary N) is 1. The average Bonchev–Trinajstić information content (AvgIpc) is 2.30. The maximum absolute atomic E-state index is 3.13. The van der Waals surface area contributed by atoms with Crippen molar-refractivity contribution in [2.24, 2.45) is 0 Å². The molecule has 0 unspecified atom stereocenters. The van der Waals surface area contributed by atoms with Crippen molar-refractivity contribution in [3.05, 3.63) is 54.6 Å². The van der Waals surface area contributed by atoms with Gasteiger partial charge in [-0.1, -0.05) is 36.4 Å². The molecule has 69 valence electrons. The van der Waals surface area contributed by atoms with Gasteiger partial charge >= 0.3 is 0 Å². The lowest BCUT2D eigenvalue weighted by atomic mass is 10.1. The number of hydrogen-bond donors (Lipinski definition) is 1. The summed E-state index contributed by atoms with van der Waals surface area (Å²) in [4.78, 5) is 0. The minimum Gasteiger partial charge on any atom is -0.388 e. The van der Waals surface area contributed by atoms with Gasteiger partial charge in [0.05, 0.1) is 0 Å². The highest BCUT2D eigenvalue weighted by Crippen LogP contribution is 2.21. The fourth-order valence-corrected chi connectivity index (χ4v) is 1.43. The van der Waals surface area contributed by atoms with Crippen molar-refractivity contribution in [2.45, 2.75) is 0 Å². The van der Waals surface area contributed by atoms with Crippen LogP contribution in [0, 0.1) is 6.07 Å². The zero-order valence-corrected chi connectivity index (χ0v) is 8.12. The Morgan fingerprint density at radius 3 is 2.50 bits per heavy atom. The molecule has 0 heterocycles. The maximum atomic E-state index is 3.13. The van der Waals surface area contributed by atoms with Gasteiger partial charge in [-0.3, -0.25) is 0 Å². The minimum absolute atomic E-state index is 1.13. The Labute approximate surface area is 84.4 Å². The summed E-state index contributed by atoms with van der Waals surface area (Å²) in [5, 5.41) is 3.13. The van der Waals surface area contributed by atoms with Crippen molar-refractivity contribution in [3.63, 3.8) is 0 Å². The predicted octanol–water partition coefficient (Wildman–Crippen LogP) is 3.20. The van der Waals surface area contributed by atoms with Crippen LogP contribution in [0.4, 0.5) is 5.69 Å². The molecule has 0 aromatic heterocycles. The summed E-state index contributed by atoms with van der Waals surface area (Å²) in [5.74, 6) is 0. The first-order chi connectivity index (χ1) is 6.90. The summed E-state index contributed by atoms with van der Waals surface area (Å²) in [5.41, 5.74) is 3.59. The lowest BCUT2D eigenvalue weighted by Crippen LogP contribution is -1.87. The van der Waals surface area contributed by atoms with E-state index >= 15 is 0 Å². The van der Waals surface area contributed by atoms with Crippen LogP contribution in [0.2, 0.25) is 0 Å². The standard InChI is InChI=1S/C13H12N/c1-14-13-9-5-8-12(10-13)11-6-3-2-4-7-11/h3-10,14H,1H3. The van der Waals surface area contributed by atoms with Gasteiger partial charge in [0.25, 0.3) is 0 Å². The minimum atomic E-state index is 1.13.